The summed E-state index contributed by atoms with van der Waals surface area (Å²) in [4.78, 5) is 12.0. The number of carbonyl (C=O) groups is 1. The van der Waals surface area contributed by atoms with Gasteiger partial charge < -0.3 is 18.7 Å². The molecule has 7 nitrogen and oxygen atoms in total. The Labute approximate surface area is 175 Å². The number of benzene rings is 2. The maximum Gasteiger partial charge on any atom is 0.411 e. The molecule has 0 aliphatic heterocycles. The van der Waals surface area contributed by atoms with Crippen molar-refractivity contribution in [3.05, 3.63) is 47.7 Å². The number of aromatic nitrogens is 1. The molecule has 3 aromatic rings. The number of anilines is 1. The minimum atomic E-state index is -0.531. The van der Waals surface area contributed by atoms with Gasteiger partial charge in [0.2, 0.25) is 0 Å². The van der Waals surface area contributed by atoms with Crippen LogP contribution in [0.15, 0.2) is 41.1 Å². The van der Waals surface area contributed by atoms with Crippen molar-refractivity contribution in [2.45, 2.75) is 27.2 Å². The highest BCUT2D eigenvalue weighted by Gasteiger charge is 2.18. The molecule has 0 aliphatic carbocycles. The number of nitrogens with one attached hydrogen (secondary N) is 1. The third kappa shape index (κ3) is 4.40. The number of hydrogen-bond donors (Lipinski definition) is 1. The monoisotopic (exact) mass is 410 g/mol. The second-order valence-electron chi connectivity index (χ2n) is 6.86. The first-order valence-corrected chi connectivity index (χ1v) is 9.71. The first-order valence-electron chi connectivity index (χ1n) is 9.71. The van der Waals surface area contributed by atoms with Crippen molar-refractivity contribution in [3.63, 3.8) is 0 Å². The summed E-state index contributed by atoms with van der Waals surface area (Å²) in [6, 6.07) is 9.43. The second kappa shape index (κ2) is 9.35. The summed E-state index contributed by atoms with van der Waals surface area (Å²) in [5.41, 5.74) is 5.12. The summed E-state index contributed by atoms with van der Waals surface area (Å²) in [7, 11) is 3.19. The van der Waals surface area contributed by atoms with Crippen molar-refractivity contribution in [1.29, 1.82) is 0 Å². The van der Waals surface area contributed by atoms with E-state index in [1.807, 2.05) is 39.0 Å². The Hall–Kier alpha value is -3.48. The van der Waals surface area contributed by atoms with Crippen LogP contribution in [-0.2, 0) is 4.74 Å². The third-order valence-corrected chi connectivity index (χ3v) is 4.86. The Morgan fingerprint density at radius 2 is 1.83 bits per heavy atom. The maximum atomic E-state index is 12.0. The topological polar surface area (TPSA) is 82.8 Å². The predicted octanol–water partition coefficient (Wildman–Crippen LogP) is 5.60. The zero-order valence-electron chi connectivity index (χ0n) is 17.9. The Morgan fingerprint density at radius 1 is 1.07 bits per heavy atom. The first kappa shape index (κ1) is 21.2. The Kier molecular flexibility index (Phi) is 6.61. The van der Waals surface area contributed by atoms with E-state index in [0.717, 1.165) is 40.0 Å². The van der Waals surface area contributed by atoms with Gasteiger partial charge in [0.15, 0.2) is 5.76 Å². The van der Waals surface area contributed by atoms with Crippen molar-refractivity contribution < 1.29 is 23.5 Å². The average molecular weight is 410 g/mol. The molecule has 0 saturated heterocycles. The van der Waals surface area contributed by atoms with Gasteiger partial charge in [0.1, 0.15) is 11.5 Å². The molecule has 0 spiro atoms. The summed E-state index contributed by atoms with van der Waals surface area (Å²) in [6.07, 6.45) is 1.86. The molecule has 2 aromatic carbocycles. The minimum absolute atomic E-state index is 0.345. The Balaban J connectivity index is 2.00. The first-order chi connectivity index (χ1) is 14.5. The molecule has 0 bridgehead atoms. The average Bonchev–Trinajstić information content (AvgIpc) is 3.24. The lowest BCUT2D eigenvalue weighted by atomic mass is 9.98. The van der Waals surface area contributed by atoms with E-state index >= 15 is 0 Å². The number of nitrogens with zero attached hydrogens (tertiary/aromatic N) is 1. The molecule has 1 N–H and O–H groups in total. The molecule has 0 unspecified atom stereocenters. The summed E-state index contributed by atoms with van der Waals surface area (Å²) >= 11 is 0. The van der Waals surface area contributed by atoms with E-state index in [4.69, 9.17) is 18.7 Å². The number of rotatable bonds is 7. The lowest BCUT2D eigenvalue weighted by molar-refractivity contribution is 0.161. The van der Waals surface area contributed by atoms with Crippen molar-refractivity contribution >= 4 is 11.8 Å². The lowest BCUT2D eigenvalue weighted by Gasteiger charge is -2.13. The van der Waals surface area contributed by atoms with E-state index in [1.54, 1.807) is 32.5 Å². The molecule has 1 amide bonds. The molecule has 1 heterocycles. The standard InChI is InChI=1S/C23H26N2O5/c1-6-9-29-23(26)25-19-11-16(7-8-20(19)27-4)18-13-24-30-22(18)17-10-14(2)15(3)21(12-17)28-5/h7-8,10-13H,6,9H2,1-5H3,(H,25,26). The van der Waals surface area contributed by atoms with Gasteiger partial charge in [0.05, 0.1) is 32.7 Å². The van der Waals surface area contributed by atoms with Gasteiger partial charge >= 0.3 is 6.09 Å². The number of carbonyl (C=O) groups excluding carboxylic acids is 1. The van der Waals surface area contributed by atoms with Crippen molar-refractivity contribution in [2.75, 3.05) is 26.1 Å². The number of amides is 1. The fourth-order valence-corrected chi connectivity index (χ4v) is 3.14. The highest BCUT2D eigenvalue weighted by atomic mass is 16.5. The fraction of sp³-hybridized carbons (Fsp3) is 0.304. The van der Waals surface area contributed by atoms with E-state index in [1.165, 1.54) is 0 Å². The van der Waals surface area contributed by atoms with Gasteiger partial charge in [-0.05, 0) is 61.2 Å². The molecule has 0 atom stereocenters. The van der Waals surface area contributed by atoms with Crippen LogP contribution >= 0.6 is 0 Å². The number of aryl methyl sites for hydroxylation is 1. The highest BCUT2D eigenvalue weighted by Crippen LogP contribution is 2.38. The molecular weight excluding hydrogens is 384 g/mol. The van der Waals surface area contributed by atoms with Crippen LogP contribution in [0.2, 0.25) is 0 Å². The van der Waals surface area contributed by atoms with Gasteiger partial charge in [0, 0.05) is 11.1 Å². The van der Waals surface area contributed by atoms with Crippen LogP contribution in [0.25, 0.3) is 22.5 Å². The molecule has 0 radical (unpaired) electrons. The van der Waals surface area contributed by atoms with Gasteiger partial charge in [-0.1, -0.05) is 18.1 Å². The Morgan fingerprint density at radius 3 is 2.53 bits per heavy atom. The SMILES string of the molecule is CCCOC(=O)Nc1cc(-c2cnoc2-c2cc(C)c(C)c(OC)c2)ccc1OC. The van der Waals surface area contributed by atoms with Crippen molar-refractivity contribution in [1.82, 2.24) is 5.16 Å². The summed E-state index contributed by atoms with van der Waals surface area (Å²) in [5, 5.41) is 6.73. The highest BCUT2D eigenvalue weighted by molar-refractivity contribution is 5.89. The van der Waals surface area contributed by atoms with Crippen molar-refractivity contribution in [3.8, 4) is 33.9 Å². The summed E-state index contributed by atoms with van der Waals surface area (Å²) in [5.74, 6) is 1.92. The number of methoxy groups -OCH3 is 2. The zero-order chi connectivity index (χ0) is 21.7. The molecule has 1 aromatic heterocycles. The number of hydrogen-bond acceptors (Lipinski definition) is 6. The summed E-state index contributed by atoms with van der Waals surface area (Å²) < 4.78 is 21.6. The van der Waals surface area contributed by atoms with Gasteiger partial charge in [-0.2, -0.15) is 0 Å². The van der Waals surface area contributed by atoms with Gasteiger partial charge in [-0.15, -0.1) is 0 Å². The lowest BCUT2D eigenvalue weighted by Crippen LogP contribution is -2.14. The largest absolute Gasteiger partial charge is 0.496 e. The maximum absolute atomic E-state index is 12.0. The molecule has 0 saturated carbocycles. The minimum Gasteiger partial charge on any atom is -0.496 e. The van der Waals surface area contributed by atoms with Crippen LogP contribution in [0.1, 0.15) is 24.5 Å². The second-order valence-corrected chi connectivity index (χ2v) is 6.86. The quantitative estimate of drug-likeness (QED) is 0.546. The van der Waals surface area contributed by atoms with Crippen LogP contribution in [-0.4, -0.2) is 32.1 Å². The van der Waals surface area contributed by atoms with Crippen molar-refractivity contribution in [2.24, 2.45) is 0 Å². The van der Waals surface area contributed by atoms with E-state index in [0.29, 0.717) is 23.8 Å². The summed E-state index contributed by atoms with van der Waals surface area (Å²) in [6.45, 7) is 6.31. The van der Waals surface area contributed by atoms with Crippen LogP contribution in [0.4, 0.5) is 10.5 Å². The molecule has 30 heavy (non-hydrogen) atoms. The molecule has 3 rings (SSSR count). The number of ether oxygens (including phenoxy) is 3. The third-order valence-electron chi connectivity index (χ3n) is 4.86. The normalized spacial score (nSPS) is 10.6. The van der Waals surface area contributed by atoms with Crippen LogP contribution in [0, 0.1) is 13.8 Å². The van der Waals surface area contributed by atoms with Gasteiger partial charge in [-0.25, -0.2) is 4.79 Å². The van der Waals surface area contributed by atoms with E-state index in [-0.39, 0.29) is 0 Å². The zero-order valence-corrected chi connectivity index (χ0v) is 17.9. The predicted molar refractivity (Wildman–Crippen MR) is 115 cm³/mol. The van der Waals surface area contributed by atoms with E-state index in [2.05, 4.69) is 10.5 Å². The molecule has 7 heteroatoms. The smallest absolute Gasteiger partial charge is 0.411 e. The van der Waals surface area contributed by atoms with Crippen LogP contribution in [0.5, 0.6) is 11.5 Å². The molecule has 158 valence electrons. The van der Waals surface area contributed by atoms with E-state index < -0.39 is 6.09 Å². The van der Waals surface area contributed by atoms with Crippen LogP contribution in [0.3, 0.4) is 0 Å². The Bertz CT molecular complexity index is 1040. The van der Waals surface area contributed by atoms with Gasteiger partial charge in [-0.3, -0.25) is 5.32 Å². The van der Waals surface area contributed by atoms with E-state index in [9.17, 15) is 4.79 Å². The van der Waals surface area contributed by atoms with Crippen LogP contribution < -0.4 is 14.8 Å². The molecule has 0 fully saturated rings. The molecule has 0 aliphatic rings. The van der Waals surface area contributed by atoms with Gasteiger partial charge in [0.25, 0.3) is 0 Å². The molecular formula is C23H26N2O5. The fourth-order valence-electron chi connectivity index (χ4n) is 3.14.